The van der Waals surface area contributed by atoms with Crippen LogP contribution in [0.3, 0.4) is 0 Å². The fourth-order valence-electron chi connectivity index (χ4n) is 2.98. The Morgan fingerprint density at radius 3 is 2.11 bits per heavy atom. The third kappa shape index (κ3) is 5.35. The molecule has 3 rings (SSSR count). The van der Waals surface area contributed by atoms with Gasteiger partial charge in [0.2, 0.25) is 0 Å². The lowest BCUT2D eigenvalue weighted by molar-refractivity contribution is 0.239. The summed E-state index contributed by atoms with van der Waals surface area (Å²) in [6.07, 6.45) is 0.742. The molecule has 0 saturated heterocycles. The van der Waals surface area contributed by atoms with E-state index in [1.807, 2.05) is 84.9 Å². The Bertz CT molecular complexity index is 811. The summed E-state index contributed by atoms with van der Waals surface area (Å²) in [5, 5.41) is 6.03. The molecule has 0 atom stereocenters. The maximum atomic E-state index is 12.5. The molecule has 3 aromatic carbocycles. The van der Waals surface area contributed by atoms with E-state index in [2.05, 4.69) is 10.6 Å². The second-order valence-corrected chi connectivity index (χ2v) is 6.26. The van der Waals surface area contributed by atoms with Crippen molar-refractivity contribution in [2.45, 2.75) is 12.5 Å². The molecule has 27 heavy (non-hydrogen) atoms. The number of hydrogen-bond acceptors (Lipinski definition) is 2. The van der Waals surface area contributed by atoms with Gasteiger partial charge in [0.25, 0.3) is 0 Å². The third-order valence-corrected chi connectivity index (χ3v) is 4.37. The molecule has 0 unspecified atom stereocenters. The monoisotopic (exact) mass is 360 g/mol. The predicted molar refractivity (Wildman–Crippen MR) is 108 cm³/mol. The molecule has 0 fully saturated rings. The fourth-order valence-corrected chi connectivity index (χ4v) is 2.98. The second-order valence-electron chi connectivity index (χ2n) is 6.26. The SMILES string of the molecule is COc1cccc(CCNC(=O)NC(c2ccccc2)c2ccccc2)c1. The minimum absolute atomic E-state index is 0.185. The Kier molecular flexibility index (Phi) is 6.47. The quantitative estimate of drug-likeness (QED) is 0.659. The van der Waals surface area contributed by atoms with Crippen molar-refractivity contribution in [3.63, 3.8) is 0 Å². The van der Waals surface area contributed by atoms with E-state index in [0.717, 1.165) is 28.9 Å². The van der Waals surface area contributed by atoms with Crippen LogP contribution >= 0.6 is 0 Å². The van der Waals surface area contributed by atoms with Gasteiger partial charge in [-0.05, 0) is 35.2 Å². The molecule has 0 radical (unpaired) electrons. The lowest BCUT2D eigenvalue weighted by atomic mass is 9.99. The minimum atomic E-state index is -0.191. The standard InChI is InChI=1S/C23H24N2O2/c1-27-21-14-8-9-18(17-21)15-16-24-23(26)25-22(19-10-4-2-5-11-19)20-12-6-3-7-13-20/h2-14,17,22H,15-16H2,1H3,(H2,24,25,26). The van der Waals surface area contributed by atoms with Crippen LogP contribution in [0.4, 0.5) is 4.79 Å². The number of nitrogens with one attached hydrogen (secondary N) is 2. The first kappa shape index (κ1) is 18.5. The molecular weight excluding hydrogens is 336 g/mol. The van der Waals surface area contributed by atoms with Gasteiger partial charge in [0.05, 0.1) is 13.2 Å². The lowest BCUT2D eigenvalue weighted by Gasteiger charge is -2.20. The Labute approximate surface area is 160 Å². The van der Waals surface area contributed by atoms with Crippen molar-refractivity contribution >= 4 is 6.03 Å². The van der Waals surface area contributed by atoms with Gasteiger partial charge in [0, 0.05) is 6.54 Å². The van der Waals surface area contributed by atoms with Crippen LogP contribution in [-0.4, -0.2) is 19.7 Å². The van der Waals surface area contributed by atoms with Crippen molar-refractivity contribution < 1.29 is 9.53 Å². The lowest BCUT2D eigenvalue weighted by Crippen LogP contribution is -2.39. The normalized spacial score (nSPS) is 10.4. The van der Waals surface area contributed by atoms with Crippen molar-refractivity contribution in [1.82, 2.24) is 10.6 Å². The molecule has 0 saturated carbocycles. The van der Waals surface area contributed by atoms with Crippen LogP contribution in [0.15, 0.2) is 84.9 Å². The van der Waals surface area contributed by atoms with Crippen molar-refractivity contribution in [1.29, 1.82) is 0 Å². The summed E-state index contributed by atoms with van der Waals surface area (Å²) in [6, 6.07) is 27.4. The van der Waals surface area contributed by atoms with Gasteiger partial charge in [-0.1, -0.05) is 72.8 Å². The average Bonchev–Trinajstić information content (AvgIpc) is 2.73. The zero-order valence-corrected chi connectivity index (χ0v) is 15.4. The third-order valence-electron chi connectivity index (χ3n) is 4.37. The van der Waals surface area contributed by atoms with Crippen LogP contribution in [-0.2, 0) is 6.42 Å². The molecule has 138 valence electrons. The Morgan fingerprint density at radius 1 is 0.889 bits per heavy atom. The van der Waals surface area contributed by atoms with Gasteiger partial charge in [0.15, 0.2) is 0 Å². The molecule has 0 bridgehead atoms. The number of carbonyl (C=O) groups excluding carboxylic acids is 1. The fraction of sp³-hybridized carbons (Fsp3) is 0.174. The van der Waals surface area contributed by atoms with Gasteiger partial charge in [-0.2, -0.15) is 0 Å². The summed E-state index contributed by atoms with van der Waals surface area (Å²) < 4.78 is 5.23. The van der Waals surface area contributed by atoms with Gasteiger partial charge in [-0.25, -0.2) is 4.79 Å². The van der Waals surface area contributed by atoms with E-state index in [1.165, 1.54) is 0 Å². The maximum Gasteiger partial charge on any atom is 0.315 e. The second kappa shape index (κ2) is 9.43. The van der Waals surface area contributed by atoms with E-state index in [4.69, 9.17) is 4.74 Å². The van der Waals surface area contributed by atoms with Crippen molar-refractivity contribution in [2.24, 2.45) is 0 Å². The number of carbonyl (C=O) groups is 1. The number of benzene rings is 3. The van der Waals surface area contributed by atoms with Gasteiger partial charge in [-0.15, -0.1) is 0 Å². The first-order valence-electron chi connectivity index (χ1n) is 9.03. The van der Waals surface area contributed by atoms with E-state index in [1.54, 1.807) is 7.11 Å². The highest BCUT2D eigenvalue weighted by Gasteiger charge is 2.16. The van der Waals surface area contributed by atoms with Crippen LogP contribution in [0.1, 0.15) is 22.7 Å². The minimum Gasteiger partial charge on any atom is -0.497 e. The van der Waals surface area contributed by atoms with Gasteiger partial charge in [0.1, 0.15) is 5.75 Å². The summed E-state index contributed by atoms with van der Waals surface area (Å²) in [5.41, 5.74) is 3.22. The molecule has 0 aromatic heterocycles. The molecule has 2 N–H and O–H groups in total. The summed E-state index contributed by atoms with van der Waals surface area (Å²) >= 11 is 0. The molecule has 0 aliphatic heterocycles. The largest absolute Gasteiger partial charge is 0.497 e. The summed E-state index contributed by atoms with van der Waals surface area (Å²) in [5.74, 6) is 0.824. The number of rotatable bonds is 7. The van der Waals surface area contributed by atoms with E-state index in [0.29, 0.717) is 6.54 Å². The smallest absolute Gasteiger partial charge is 0.315 e. The molecular formula is C23H24N2O2. The molecule has 4 heteroatoms. The number of hydrogen-bond donors (Lipinski definition) is 2. The van der Waals surface area contributed by atoms with E-state index < -0.39 is 0 Å². The predicted octanol–water partition coefficient (Wildman–Crippen LogP) is 4.33. The van der Waals surface area contributed by atoms with Crippen molar-refractivity contribution in [3.8, 4) is 5.75 Å². The molecule has 0 heterocycles. The Balaban J connectivity index is 1.61. The first-order valence-corrected chi connectivity index (χ1v) is 9.03. The van der Waals surface area contributed by atoms with Crippen LogP contribution in [0.2, 0.25) is 0 Å². The van der Waals surface area contributed by atoms with E-state index in [-0.39, 0.29) is 12.1 Å². The summed E-state index contributed by atoms with van der Waals surface area (Å²) in [4.78, 5) is 12.5. The van der Waals surface area contributed by atoms with Crippen LogP contribution < -0.4 is 15.4 Å². The topological polar surface area (TPSA) is 50.4 Å². The Hall–Kier alpha value is -3.27. The van der Waals surface area contributed by atoms with E-state index in [9.17, 15) is 4.79 Å². The number of methoxy groups -OCH3 is 1. The summed E-state index contributed by atoms with van der Waals surface area (Å²) in [7, 11) is 1.65. The van der Waals surface area contributed by atoms with Gasteiger partial charge < -0.3 is 15.4 Å². The molecule has 3 aromatic rings. The first-order chi connectivity index (χ1) is 13.3. The zero-order chi connectivity index (χ0) is 18.9. The molecule has 0 aliphatic rings. The molecule has 0 spiro atoms. The Morgan fingerprint density at radius 2 is 1.52 bits per heavy atom. The van der Waals surface area contributed by atoms with E-state index >= 15 is 0 Å². The zero-order valence-electron chi connectivity index (χ0n) is 15.4. The van der Waals surface area contributed by atoms with Gasteiger partial charge >= 0.3 is 6.03 Å². The van der Waals surface area contributed by atoms with Crippen LogP contribution in [0.25, 0.3) is 0 Å². The molecule has 2 amide bonds. The maximum absolute atomic E-state index is 12.5. The van der Waals surface area contributed by atoms with Crippen molar-refractivity contribution in [3.05, 3.63) is 102 Å². The highest BCUT2D eigenvalue weighted by Crippen LogP contribution is 2.21. The number of ether oxygens (including phenoxy) is 1. The number of urea groups is 1. The highest BCUT2D eigenvalue weighted by molar-refractivity contribution is 5.75. The van der Waals surface area contributed by atoms with Crippen LogP contribution in [0, 0.1) is 0 Å². The van der Waals surface area contributed by atoms with Crippen LogP contribution in [0.5, 0.6) is 5.75 Å². The molecule has 4 nitrogen and oxygen atoms in total. The van der Waals surface area contributed by atoms with Crippen molar-refractivity contribution in [2.75, 3.05) is 13.7 Å². The molecule has 0 aliphatic carbocycles. The summed E-state index contributed by atoms with van der Waals surface area (Å²) in [6.45, 7) is 0.551. The average molecular weight is 360 g/mol. The van der Waals surface area contributed by atoms with Gasteiger partial charge in [-0.3, -0.25) is 0 Å². The highest BCUT2D eigenvalue weighted by atomic mass is 16.5. The number of amides is 2.